The molecule has 3 atom stereocenters. The molecule has 0 saturated heterocycles. The molecule has 0 bridgehead atoms. The highest BCUT2D eigenvalue weighted by molar-refractivity contribution is 6.36. The maximum Gasteiger partial charge on any atom is 0.246 e. The van der Waals surface area contributed by atoms with E-state index in [1.54, 1.807) is 21.9 Å². The van der Waals surface area contributed by atoms with Gasteiger partial charge in [0.15, 0.2) is 0 Å². The zero-order chi connectivity index (χ0) is 28.7. The Morgan fingerprint density at radius 3 is 2.56 bits per heavy atom. The second kappa shape index (κ2) is 13.7. The average Bonchev–Trinajstić information content (AvgIpc) is 2.93. The van der Waals surface area contributed by atoms with Gasteiger partial charge in [-0.1, -0.05) is 74.9 Å². The van der Waals surface area contributed by atoms with Crippen LogP contribution >= 0.6 is 23.2 Å². The molecule has 2 aromatic rings. The van der Waals surface area contributed by atoms with Crippen LogP contribution in [0.1, 0.15) is 32.3 Å². The summed E-state index contributed by atoms with van der Waals surface area (Å²) in [6.07, 6.45) is 11.6. The van der Waals surface area contributed by atoms with E-state index in [0.29, 0.717) is 46.8 Å². The Balaban J connectivity index is 2.19. The zero-order valence-electron chi connectivity index (χ0n) is 22.8. The number of carbonyl (C=O) groups excluding carboxylic acids is 2. The molecule has 208 valence electrons. The molecule has 0 spiro atoms. The lowest BCUT2D eigenvalue weighted by atomic mass is 9.84. The smallest absolute Gasteiger partial charge is 0.246 e. The molecule has 0 saturated carbocycles. The third-order valence-electron chi connectivity index (χ3n) is 6.86. The summed E-state index contributed by atoms with van der Waals surface area (Å²) in [4.78, 5) is 37.7. The summed E-state index contributed by atoms with van der Waals surface area (Å²) in [5.41, 5.74) is 7.57. The van der Waals surface area contributed by atoms with Crippen molar-refractivity contribution < 1.29 is 9.59 Å². The summed E-state index contributed by atoms with van der Waals surface area (Å²) in [5.74, 6) is 0.643. The van der Waals surface area contributed by atoms with Crippen molar-refractivity contribution in [3.05, 3.63) is 70.9 Å². The predicted octanol–water partition coefficient (Wildman–Crippen LogP) is 5.10. The lowest BCUT2D eigenvalue weighted by Crippen LogP contribution is -2.42. The fourth-order valence-electron chi connectivity index (χ4n) is 4.75. The van der Waals surface area contributed by atoms with E-state index in [9.17, 15) is 9.59 Å². The molecular weight excluding hydrogens is 535 g/mol. The Morgan fingerprint density at radius 2 is 1.92 bits per heavy atom. The summed E-state index contributed by atoms with van der Waals surface area (Å²) >= 11 is 13.3. The second-order valence-electron chi connectivity index (χ2n) is 9.91. The maximum atomic E-state index is 12.8. The van der Waals surface area contributed by atoms with E-state index in [1.807, 2.05) is 32.2 Å². The second-order valence-corrected chi connectivity index (χ2v) is 10.7. The van der Waals surface area contributed by atoms with Crippen LogP contribution in [0, 0.1) is 11.8 Å². The van der Waals surface area contributed by atoms with Crippen LogP contribution in [0.2, 0.25) is 10.0 Å². The first kappa shape index (κ1) is 30.3. The molecule has 3 rings (SSSR count). The SMILES string of the molecule is C=CC(=O)N(CCNC)CC(C)c1cc(Cl)c(-c2cc(N)ncc2Cl)nc1N(C=O)C1C=CC=CC1C(C)C. The number of nitrogen functional groups attached to an aromatic ring is 1. The van der Waals surface area contributed by atoms with Crippen LogP contribution in [-0.4, -0.2) is 59.9 Å². The summed E-state index contributed by atoms with van der Waals surface area (Å²) in [6, 6.07) is 3.14. The van der Waals surface area contributed by atoms with Crippen LogP contribution < -0.4 is 16.0 Å². The number of hydrogen-bond donors (Lipinski definition) is 2. The number of carbonyl (C=O) groups is 2. The minimum Gasteiger partial charge on any atom is -0.384 e. The molecule has 2 aromatic heterocycles. The topological polar surface area (TPSA) is 104 Å². The number of nitrogens with one attached hydrogen (secondary N) is 1. The largest absolute Gasteiger partial charge is 0.384 e. The van der Waals surface area contributed by atoms with Crippen molar-refractivity contribution in [1.29, 1.82) is 0 Å². The molecule has 10 heteroatoms. The molecule has 0 aliphatic heterocycles. The van der Waals surface area contributed by atoms with Crippen molar-refractivity contribution in [2.75, 3.05) is 37.3 Å². The van der Waals surface area contributed by atoms with Crippen LogP contribution in [0.15, 0.2) is 55.3 Å². The molecule has 8 nitrogen and oxygen atoms in total. The van der Waals surface area contributed by atoms with Gasteiger partial charge in [-0.05, 0) is 31.2 Å². The van der Waals surface area contributed by atoms with Gasteiger partial charge in [0.05, 0.1) is 21.8 Å². The molecular formula is C29H36Cl2N6O2. The highest BCUT2D eigenvalue weighted by atomic mass is 35.5. The highest BCUT2D eigenvalue weighted by Crippen LogP contribution is 2.39. The number of nitrogens with zero attached hydrogens (tertiary/aromatic N) is 4. The third kappa shape index (κ3) is 7.06. The number of halogens is 2. The van der Waals surface area contributed by atoms with Crippen molar-refractivity contribution in [2.45, 2.75) is 32.7 Å². The van der Waals surface area contributed by atoms with Gasteiger partial charge in [-0.3, -0.25) is 14.5 Å². The number of aromatic nitrogens is 2. The van der Waals surface area contributed by atoms with Crippen LogP contribution in [0.3, 0.4) is 0 Å². The Morgan fingerprint density at radius 1 is 1.21 bits per heavy atom. The molecule has 3 N–H and O–H groups in total. The number of hydrogen-bond acceptors (Lipinski definition) is 6. The quantitative estimate of drug-likeness (QED) is 0.272. The standard InChI is InChI=1S/C29H36Cl2N6O2/c1-6-27(39)36(12-11-33-5)16-19(4)21-13-23(30)28(22-14-26(32)34-15-24(22)31)35-29(21)37(17-38)25-10-8-7-9-20(25)18(2)3/h6-10,13-15,17-20,25,33H,1,11-12,16H2,2-5H3,(H2,32,34). The Labute approximate surface area is 240 Å². The van der Waals surface area contributed by atoms with Crippen molar-refractivity contribution >= 4 is 47.2 Å². The summed E-state index contributed by atoms with van der Waals surface area (Å²) in [6.45, 7) is 11.4. The van der Waals surface area contributed by atoms with Gasteiger partial charge >= 0.3 is 0 Å². The number of rotatable bonds is 12. The predicted molar refractivity (Wildman–Crippen MR) is 160 cm³/mol. The molecule has 1 aliphatic carbocycles. The summed E-state index contributed by atoms with van der Waals surface area (Å²) < 4.78 is 0. The van der Waals surface area contributed by atoms with Crippen molar-refractivity contribution in [2.24, 2.45) is 11.8 Å². The molecule has 3 unspecified atom stereocenters. The summed E-state index contributed by atoms with van der Waals surface area (Å²) in [7, 11) is 1.83. The van der Waals surface area contributed by atoms with Gasteiger partial charge in [-0.25, -0.2) is 9.97 Å². The van der Waals surface area contributed by atoms with Gasteiger partial charge < -0.3 is 16.0 Å². The fraction of sp³-hybridized carbons (Fsp3) is 0.379. The Hall–Kier alpha value is -3.20. The number of nitrogens with two attached hydrogens (primary N) is 1. The number of pyridine rings is 2. The van der Waals surface area contributed by atoms with Gasteiger partial charge in [0, 0.05) is 48.8 Å². The zero-order valence-corrected chi connectivity index (χ0v) is 24.3. The van der Waals surface area contributed by atoms with E-state index in [2.05, 4.69) is 36.8 Å². The Kier molecular flexibility index (Phi) is 10.7. The third-order valence-corrected chi connectivity index (χ3v) is 7.44. The minimum atomic E-state index is -0.270. The van der Waals surface area contributed by atoms with Gasteiger partial charge in [0.1, 0.15) is 11.6 Å². The lowest BCUT2D eigenvalue weighted by Gasteiger charge is -2.36. The van der Waals surface area contributed by atoms with Gasteiger partial charge in [-0.15, -0.1) is 0 Å². The monoisotopic (exact) mass is 570 g/mol. The van der Waals surface area contributed by atoms with E-state index in [4.69, 9.17) is 33.9 Å². The first-order chi connectivity index (χ1) is 18.6. The highest BCUT2D eigenvalue weighted by Gasteiger charge is 2.32. The Bertz CT molecular complexity index is 1260. The van der Waals surface area contributed by atoms with E-state index in [-0.39, 0.29) is 35.5 Å². The molecule has 0 aromatic carbocycles. The van der Waals surface area contributed by atoms with Crippen LogP contribution in [0.25, 0.3) is 11.3 Å². The first-order valence-corrected chi connectivity index (χ1v) is 13.6. The first-order valence-electron chi connectivity index (χ1n) is 12.9. The van der Waals surface area contributed by atoms with E-state index in [0.717, 1.165) is 12.0 Å². The lowest BCUT2D eigenvalue weighted by molar-refractivity contribution is -0.126. The molecule has 0 fully saturated rings. The number of amides is 2. The van der Waals surface area contributed by atoms with E-state index in [1.165, 1.54) is 12.3 Å². The molecule has 1 aliphatic rings. The van der Waals surface area contributed by atoms with Crippen LogP contribution in [0.5, 0.6) is 0 Å². The molecule has 0 radical (unpaired) electrons. The van der Waals surface area contributed by atoms with E-state index >= 15 is 0 Å². The average molecular weight is 572 g/mol. The van der Waals surface area contributed by atoms with Crippen LogP contribution in [-0.2, 0) is 9.59 Å². The normalized spacial score (nSPS) is 17.2. The minimum absolute atomic E-state index is 0.0684. The van der Waals surface area contributed by atoms with Crippen LogP contribution in [0.4, 0.5) is 11.6 Å². The van der Waals surface area contributed by atoms with E-state index < -0.39 is 0 Å². The fourth-order valence-corrected chi connectivity index (χ4v) is 5.21. The maximum absolute atomic E-state index is 12.8. The van der Waals surface area contributed by atoms with Crippen molar-refractivity contribution in [1.82, 2.24) is 20.2 Å². The number of anilines is 2. The number of likely N-dealkylation sites (N-methyl/N-ethyl adjacent to an activating group) is 1. The molecule has 39 heavy (non-hydrogen) atoms. The van der Waals surface area contributed by atoms with Gasteiger partial charge in [0.2, 0.25) is 12.3 Å². The van der Waals surface area contributed by atoms with Crippen molar-refractivity contribution in [3.8, 4) is 11.3 Å². The number of allylic oxidation sites excluding steroid dienone is 2. The van der Waals surface area contributed by atoms with Gasteiger partial charge in [-0.2, -0.15) is 0 Å². The summed E-state index contributed by atoms with van der Waals surface area (Å²) in [5, 5.41) is 3.75. The molecule has 2 amide bonds. The molecule has 2 heterocycles. The van der Waals surface area contributed by atoms with Gasteiger partial charge in [0.25, 0.3) is 0 Å². The van der Waals surface area contributed by atoms with Crippen molar-refractivity contribution in [3.63, 3.8) is 0 Å².